The van der Waals surface area contributed by atoms with E-state index in [0.717, 1.165) is 16.5 Å². The highest BCUT2D eigenvalue weighted by molar-refractivity contribution is 7.98. The Balaban J connectivity index is 2.24. The van der Waals surface area contributed by atoms with Crippen LogP contribution in [-0.2, 0) is 25.6 Å². The number of carbonyl (C=O) groups is 4. The Hall–Kier alpha value is -3.05. The molecule has 7 N–H and O–H groups in total. The number of fused-ring (bicyclic) bond motifs is 1. The first kappa shape index (κ1) is 28.2. The summed E-state index contributed by atoms with van der Waals surface area (Å²) >= 11 is 1.48. The molecule has 3 amide bonds. The van der Waals surface area contributed by atoms with Crippen molar-refractivity contribution < 1.29 is 24.3 Å². The minimum Gasteiger partial charge on any atom is -0.480 e. The van der Waals surface area contributed by atoms with Crippen LogP contribution in [0, 0.1) is 5.92 Å². The second-order valence-electron chi connectivity index (χ2n) is 8.44. The maximum atomic E-state index is 13.3. The fourth-order valence-corrected chi connectivity index (χ4v) is 4.16. The lowest BCUT2D eigenvalue weighted by molar-refractivity contribution is -0.142. The Labute approximate surface area is 209 Å². The van der Waals surface area contributed by atoms with E-state index < -0.39 is 41.8 Å². The third-order valence-corrected chi connectivity index (χ3v) is 6.60. The van der Waals surface area contributed by atoms with E-state index in [0.29, 0.717) is 12.2 Å². The highest BCUT2D eigenvalue weighted by Crippen LogP contribution is 2.19. The lowest BCUT2D eigenvalue weighted by atomic mass is 9.96. The zero-order valence-electron chi connectivity index (χ0n) is 20.3. The molecule has 1 aromatic carbocycles. The predicted octanol–water partition coefficient (Wildman–Crippen LogP) is 1.01. The predicted molar refractivity (Wildman–Crippen MR) is 137 cm³/mol. The number of carbonyl (C=O) groups excluding carboxylic acids is 3. The summed E-state index contributed by atoms with van der Waals surface area (Å²) in [6.45, 7) is 3.39. The average molecular weight is 506 g/mol. The van der Waals surface area contributed by atoms with Crippen molar-refractivity contribution in [2.45, 2.75) is 51.2 Å². The van der Waals surface area contributed by atoms with Crippen molar-refractivity contribution in [2.24, 2.45) is 11.7 Å². The van der Waals surface area contributed by atoms with Gasteiger partial charge < -0.3 is 31.8 Å². The number of nitrogens with one attached hydrogen (secondary N) is 4. The maximum Gasteiger partial charge on any atom is 0.326 e. The molecular weight excluding hydrogens is 470 g/mol. The van der Waals surface area contributed by atoms with Crippen molar-refractivity contribution in [2.75, 3.05) is 18.6 Å². The molecule has 1 aromatic heterocycles. The highest BCUT2D eigenvalue weighted by atomic mass is 32.2. The summed E-state index contributed by atoms with van der Waals surface area (Å²) in [7, 11) is 0. The van der Waals surface area contributed by atoms with Gasteiger partial charge in [-0.25, -0.2) is 4.79 Å². The summed E-state index contributed by atoms with van der Waals surface area (Å²) in [6, 6.07) is 4.59. The number of para-hydroxylation sites is 1. The first-order valence-electron chi connectivity index (χ1n) is 11.6. The monoisotopic (exact) mass is 505 g/mol. The molecule has 2 aromatic rings. The lowest BCUT2D eigenvalue weighted by Crippen LogP contribution is -2.58. The molecule has 0 radical (unpaired) electrons. The van der Waals surface area contributed by atoms with Crippen LogP contribution in [0.25, 0.3) is 10.9 Å². The number of carboxylic acid groups (broad SMARTS) is 1. The Kier molecular flexibility index (Phi) is 11.1. The van der Waals surface area contributed by atoms with Gasteiger partial charge in [0.25, 0.3) is 0 Å². The van der Waals surface area contributed by atoms with Crippen LogP contribution in [0.15, 0.2) is 30.5 Å². The van der Waals surface area contributed by atoms with E-state index >= 15 is 0 Å². The topological polar surface area (TPSA) is 166 Å². The summed E-state index contributed by atoms with van der Waals surface area (Å²) in [6.07, 6.45) is 4.65. The number of amides is 3. The number of carboxylic acids is 1. The number of thioether (sulfide) groups is 1. The minimum atomic E-state index is -1.13. The molecule has 4 unspecified atom stereocenters. The van der Waals surface area contributed by atoms with Crippen LogP contribution in [0.5, 0.6) is 0 Å². The van der Waals surface area contributed by atoms with Crippen molar-refractivity contribution in [3.63, 3.8) is 0 Å². The van der Waals surface area contributed by atoms with Gasteiger partial charge in [0.2, 0.25) is 17.7 Å². The van der Waals surface area contributed by atoms with E-state index in [1.807, 2.05) is 37.4 Å². The van der Waals surface area contributed by atoms with Crippen LogP contribution in [0.2, 0.25) is 0 Å². The number of benzene rings is 1. The number of hydrogen-bond acceptors (Lipinski definition) is 6. The first-order valence-corrected chi connectivity index (χ1v) is 13.0. The molecule has 35 heavy (non-hydrogen) atoms. The second-order valence-corrected chi connectivity index (χ2v) is 9.43. The lowest BCUT2D eigenvalue weighted by Gasteiger charge is -2.27. The highest BCUT2D eigenvalue weighted by Gasteiger charge is 2.32. The van der Waals surface area contributed by atoms with Crippen LogP contribution in [-0.4, -0.2) is 70.5 Å². The molecule has 10 nitrogen and oxygen atoms in total. The van der Waals surface area contributed by atoms with E-state index in [2.05, 4.69) is 20.9 Å². The summed E-state index contributed by atoms with van der Waals surface area (Å²) < 4.78 is 0. The van der Waals surface area contributed by atoms with Gasteiger partial charge in [-0.3, -0.25) is 14.4 Å². The zero-order chi connectivity index (χ0) is 26.0. The van der Waals surface area contributed by atoms with Gasteiger partial charge in [0, 0.05) is 23.5 Å². The molecule has 2 rings (SSSR count). The van der Waals surface area contributed by atoms with Crippen LogP contribution >= 0.6 is 11.8 Å². The van der Waals surface area contributed by atoms with Crippen molar-refractivity contribution in [3.8, 4) is 0 Å². The molecule has 0 spiro atoms. The molecular formula is C24H35N5O5S. The largest absolute Gasteiger partial charge is 0.480 e. The fourth-order valence-electron chi connectivity index (χ4n) is 3.69. The normalized spacial score (nSPS) is 14.5. The van der Waals surface area contributed by atoms with E-state index in [1.54, 1.807) is 13.1 Å². The maximum absolute atomic E-state index is 13.3. The molecule has 0 saturated heterocycles. The number of aromatic amines is 1. The number of hydrogen-bond donors (Lipinski definition) is 6. The summed E-state index contributed by atoms with van der Waals surface area (Å²) in [4.78, 5) is 53.2. The smallest absolute Gasteiger partial charge is 0.326 e. The van der Waals surface area contributed by atoms with Crippen LogP contribution < -0.4 is 21.7 Å². The van der Waals surface area contributed by atoms with Gasteiger partial charge >= 0.3 is 5.97 Å². The molecule has 0 fully saturated rings. The molecule has 0 aliphatic rings. The standard InChI is InChI=1S/C24H35N5O5S/c1-4-14(2)21(23(32)28-18(24(33)34)9-10-35-3)29-22(31)19(27-20(30)12-25)11-15-13-26-17-8-6-5-7-16(15)17/h5-8,13-14,18-19,21,26H,4,9-12,25H2,1-3H3,(H,27,30)(H,28,32)(H,29,31)(H,33,34). The molecule has 192 valence electrons. The van der Waals surface area contributed by atoms with Crippen LogP contribution in [0.3, 0.4) is 0 Å². The SMILES string of the molecule is CCC(C)C(NC(=O)C(Cc1c[nH]c2ccccc12)NC(=O)CN)C(=O)NC(CCSC)C(=O)O. The van der Waals surface area contributed by atoms with Crippen molar-refractivity contribution >= 4 is 46.4 Å². The van der Waals surface area contributed by atoms with Gasteiger partial charge in [-0.1, -0.05) is 38.5 Å². The van der Waals surface area contributed by atoms with E-state index in [1.165, 1.54) is 11.8 Å². The van der Waals surface area contributed by atoms with Crippen LogP contribution in [0.4, 0.5) is 0 Å². The third-order valence-electron chi connectivity index (χ3n) is 5.95. The van der Waals surface area contributed by atoms with Gasteiger partial charge in [-0.2, -0.15) is 11.8 Å². The van der Waals surface area contributed by atoms with Gasteiger partial charge in [0.05, 0.1) is 6.54 Å². The van der Waals surface area contributed by atoms with Crippen LogP contribution in [0.1, 0.15) is 32.3 Å². The van der Waals surface area contributed by atoms with Gasteiger partial charge in [-0.15, -0.1) is 0 Å². The Bertz CT molecular complexity index is 1030. The number of H-pyrrole nitrogens is 1. The quantitative estimate of drug-likeness (QED) is 0.223. The summed E-state index contributed by atoms with van der Waals surface area (Å²) in [5, 5.41) is 18.3. The molecule has 0 aliphatic heterocycles. The number of aromatic nitrogens is 1. The summed E-state index contributed by atoms with van der Waals surface area (Å²) in [5.74, 6) is -2.46. The zero-order valence-corrected chi connectivity index (χ0v) is 21.1. The minimum absolute atomic E-state index is 0.182. The van der Waals surface area contributed by atoms with Crippen molar-refractivity contribution in [3.05, 3.63) is 36.0 Å². The number of rotatable bonds is 14. The van der Waals surface area contributed by atoms with E-state index in [4.69, 9.17) is 5.73 Å². The molecule has 4 atom stereocenters. The van der Waals surface area contributed by atoms with Gasteiger partial charge in [-0.05, 0) is 36.0 Å². The second kappa shape index (κ2) is 13.7. The fraction of sp³-hybridized carbons (Fsp3) is 0.500. The van der Waals surface area contributed by atoms with Crippen molar-refractivity contribution in [1.82, 2.24) is 20.9 Å². The molecule has 0 saturated carbocycles. The Morgan fingerprint density at radius 2 is 1.80 bits per heavy atom. The Morgan fingerprint density at radius 1 is 1.09 bits per heavy atom. The number of nitrogens with two attached hydrogens (primary N) is 1. The molecule has 0 aliphatic carbocycles. The van der Waals surface area contributed by atoms with E-state index in [-0.39, 0.29) is 25.3 Å². The average Bonchev–Trinajstić information content (AvgIpc) is 3.26. The summed E-state index contributed by atoms with van der Waals surface area (Å²) in [5.41, 5.74) is 7.18. The van der Waals surface area contributed by atoms with Gasteiger partial charge in [0.1, 0.15) is 18.1 Å². The number of aliphatic carboxylic acids is 1. The van der Waals surface area contributed by atoms with Crippen molar-refractivity contribution in [1.29, 1.82) is 0 Å². The molecule has 1 heterocycles. The third kappa shape index (κ3) is 8.00. The molecule has 11 heteroatoms. The first-order chi connectivity index (χ1) is 16.7. The van der Waals surface area contributed by atoms with Gasteiger partial charge in [0.15, 0.2) is 0 Å². The Morgan fingerprint density at radius 3 is 2.43 bits per heavy atom. The molecule has 0 bridgehead atoms. The van der Waals surface area contributed by atoms with E-state index in [9.17, 15) is 24.3 Å².